The predicted octanol–water partition coefficient (Wildman–Crippen LogP) is 3.59. The Labute approximate surface area is 123 Å². The van der Waals surface area contributed by atoms with Crippen LogP contribution in [0.3, 0.4) is 0 Å². The van der Waals surface area contributed by atoms with Crippen molar-refractivity contribution in [1.82, 2.24) is 10.1 Å². The molecule has 1 aromatic carbocycles. The Balaban J connectivity index is 1.66. The Hall–Kier alpha value is -2.04. The lowest BCUT2D eigenvalue weighted by molar-refractivity contribution is 0.322. The van der Waals surface area contributed by atoms with Crippen molar-refractivity contribution in [3.8, 4) is 17.2 Å². The maximum atomic E-state index is 5.77. The first-order valence-electron chi connectivity index (χ1n) is 7.75. The van der Waals surface area contributed by atoms with Gasteiger partial charge in [0.1, 0.15) is 6.61 Å². The van der Waals surface area contributed by atoms with Gasteiger partial charge in [0.25, 0.3) is 5.89 Å². The molecule has 1 aliphatic carbocycles. The van der Waals surface area contributed by atoms with Gasteiger partial charge in [0.15, 0.2) is 11.6 Å². The molecule has 1 fully saturated rings. The smallest absolute Gasteiger partial charge is 0.261 e. The number of hydrogen-bond donors (Lipinski definition) is 1. The van der Waals surface area contributed by atoms with Gasteiger partial charge in [-0.25, -0.2) is 0 Å². The maximum Gasteiger partial charge on any atom is 0.261 e. The zero-order chi connectivity index (χ0) is 14.1. The highest BCUT2D eigenvalue weighted by Crippen LogP contribution is 2.38. The van der Waals surface area contributed by atoms with Gasteiger partial charge in [-0.05, 0) is 25.0 Å². The molecule has 2 heterocycles. The van der Waals surface area contributed by atoms with Crippen LogP contribution in [0.4, 0.5) is 5.69 Å². The lowest BCUT2D eigenvalue weighted by Crippen LogP contribution is -2.18. The molecule has 1 saturated carbocycles. The molecule has 1 N–H and O–H groups in total. The molecule has 0 amide bonds. The van der Waals surface area contributed by atoms with Crippen LogP contribution in [-0.4, -0.2) is 23.3 Å². The second-order valence-corrected chi connectivity index (χ2v) is 5.75. The van der Waals surface area contributed by atoms with Crippen LogP contribution in [0.15, 0.2) is 22.7 Å². The average molecular weight is 285 g/mol. The van der Waals surface area contributed by atoms with E-state index >= 15 is 0 Å². The molecule has 5 nitrogen and oxygen atoms in total. The second kappa shape index (κ2) is 5.39. The van der Waals surface area contributed by atoms with E-state index in [0.717, 1.165) is 29.4 Å². The van der Waals surface area contributed by atoms with Gasteiger partial charge in [-0.2, -0.15) is 4.98 Å². The van der Waals surface area contributed by atoms with E-state index in [4.69, 9.17) is 9.26 Å². The molecule has 4 rings (SSSR count). The van der Waals surface area contributed by atoms with Crippen LogP contribution in [0.25, 0.3) is 11.5 Å². The van der Waals surface area contributed by atoms with Crippen LogP contribution in [0.1, 0.15) is 43.8 Å². The fraction of sp³-hybridized carbons (Fsp3) is 0.500. The summed E-state index contributed by atoms with van der Waals surface area (Å²) in [6, 6.07) is 5.97. The first-order valence-corrected chi connectivity index (χ1v) is 7.75. The lowest BCUT2D eigenvalue weighted by atomic mass is 9.89. The third kappa shape index (κ3) is 2.37. The van der Waals surface area contributed by atoms with Crippen LogP contribution < -0.4 is 10.1 Å². The number of nitrogens with one attached hydrogen (secondary N) is 1. The number of rotatable bonds is 2. The summed E-state index contributed by atoms with van der Waals surface area (Å²) in [5.74, 6) is 2.69. The van der Waals surface area contributed by atoms with E-state index in [1.54, 1.807) is 0 Å². The number of fused-ring (bicyclic) bond motifs is 1. The van der Waals surface area contributed by atoms with E-state index in [2.05, 4.69) is 15.5 Å². The van der Waals surface area contributed by atoms with Gasteiger partial charge in [-0.1, -0.05) is 30.5 Å². The van der Waals surface area contributed by atoms with E-state index in [9.17, 15) is 0 Å². The van der Waals surface area contributed by atoms with Crippen LogP contribution in [0.2, 0.25) is 0 Å². The summed E-state index contributed by atoms with van der Waals surface area (Å²) in [7, 11) is 0. The SMILES string of the molecule is c1cc2c(c(-c3nc(C4CCCCC4)no3)c1)OCCN2. The Morgan fingerprint density at radius 2 is 2.05 bits per heavy atom. The number of nitrogens with zero attached hydrogens (tertiary/aromatic N) is 2. The van der Waals surface area contributed by atoms with Crippen molar-refractivity contribution in [3.63, 3.8) is 0 Å². The number of hydrogen-bond acceptors (Lipinski definition) is 5. The summed E-state index contributed by atoms with van der Waals surface area (Å²) in [5.41, 5.74) is 1.88. The predicted molar refractivity (Wildman–Crippen MR) is 79.5 cm³/mol. The molecule has 0 atom stereocenters. The van der Waals surface area contributed by atoms with Crippen molar-refractivity contribution >= 4 is 5.69 Å². The van der Waals surface area contributed by atoms with E-state index in [-0.39, 0.29) is 0 Å². The van der Waals surface area contributed by atoms with Gasteiger partial charge in [0.05, 0.1) is 11.3 Å². The van der Waals surface area contributed by atoms with Gasteiger partial charge in [0.2, 0.25) is 0 Å². The van der Waals surface area contributed by atoms with Gasteiger partial charge < -0.3 is 14.6 Å². The molecule has 1 aromatic heterocycles. The van der Waals surface area contributed by atoms with Crippen molar-refractivity contribution in [2.75, 3.05) is 18.5 Å². The molecular formula is C16H19N3O2. The van der Waals surface area contributed by atoms with Gasteiger partial charge in [-0.3, -0.25) is 0 Å². The minimum absolute atomic E-state index is 0.454. The maximum absolute atomic E-state index is 5.77. The van der Waals surface area contributed by atoms with Crippen molar-refractivity contribution in [2.24, 2.45) is 0 Å². The summed E-state index contributed by atoms with van der Waals surface area (Å²) < 4.78 is 11.3. The number of ether oxygens (including phenoxy) is 1. The van der Waals surface area contributed by atoms with Gasteiger partial charge in [0, 0.05) is 12.5 Å². The highest BCUT2D eigenvalue weighted by Gasteiger charge is 2.24. The highest BCUT2D eigenvalue weighted by molar-refractivity contribution is 5.74. The van der Waals surface area contributed by atoms with Gasteiger partial charge >= 0.3 is 0 Å². The largest absolute Gasteiger partial charge is 0.489 e. The zero-order valence-electron chi connectivity index (χ0n) is 12.0. The van der Waals surface area contributed by atoms with Crippen LogP contribution in [0, 0.1) is 0 Å². The summed E-state index contributed by atoms with van der Waals surface area (Å²) in [5, 5.41) is 7.53. The normalized spacial score (nSPS) is 18.7. The molecule has 0 spiro atoms. The minimum Gasteiger partial charge on any atom is -0.489 e. The monoisotopic (exact) mass is 285 g/mol. The summed E-state index contributed by atoms with van der Waals surface area (Å²) >= 11 is 0. The topological polar surface area (TPSA) is 60.2 Å². The Kier molecular flexibility index (Phi) is 3.25. The average Bonchev–Trinajstić information content (AvgIpc) is 3.05. The molecule has 0 saturated heterocycles. The molecule has 110 valence electrons. The van der Waals surface area contributed by atoms with Crippen LogP contribution in [-0.2, 0) is 0 Å². The van der Waals surface area contributed by atoms with Crippen molar-refractivity contribution in [2.45, 2.75) is 38.0 Å². The fourth-order valence-electron chi connectivity index (χ4n) is 3.21. The van der Waals surface area contributed by atoms with Crippen LogP contribution >= 0.6 is 0 Å². The van der Waals surface area contributed by atoms with Crippen LogP contribution in [0.5, 0.6) is 5.75 Å². The molecule has 2 aromatic rings. The molecule has 1 aliphatic heterocycles. The summed E-state index contributed by atoms with van der Waals surface area (Å²) in [4.78, 5) is 4.63. The summed E-state index contributed by atoms with van der Waals surface area (Å²) in [6.45, 7) is 1.49. The first kappa shape index (κ1) is 12.7. The molecule has 5 heteroatoms. The number of anilines is 1. The number of para-hydroxylation sites is 1. The number of aromatic nitrogens is 2. The highest BCUT2D eigenvalue weighted by atomic mass is 16.5. The van der Waals surface area contributed by atoms with E-state index in [1.807, 2.05) is 18.2 Å². The molecule has 0 bridgehead atoms. The fourth-order valence-corrected chi connectivity index (χ4v) is 3.21. The molecule has 0 unspecified atom stereocenters. The van der Waals surface area contributed by atoms with Crippen molar-refractivity contribution in [1.29, 1.82) is 0 Å². The second-order valence-electron chi connectivity index (χ2n) is 5.75. The van der Waals surface area contributed by atoms with E-state index in [1.165, 1.54) is 32.1 Å². The number of benzene rings is 1. The zero-order valence-corrected chi connectivity index (χ0v) is 12.0. The first-order chi connectivity index (χ1) is 10.4. The Morgan fingerprint density at radius 1 is 1.14 bits per heavy atom. The minimum atomic E-state index is 0.454. The molecule has 2 aliphatic rings. The summed E-state index contributed by atoms with van der Waals surface area (Å²) in [6.07, 6.45) is 6.20. The van der Waals surface area contributed by atoms with E-state index < -0.39 is 0 Å². The molecular weight excluding hydrogens is 266 g/mol. The van der Waals surface area contributed by atoms with E-state index in [0.29, 0.717) is 18.4 Å². The van der Waals surface area contributed by atoms with Gasteiger partial charge in [-0.15, -0.1) is 0 Å². The Morgan fingerprint density at radius 3 is 2.95 bits per heavy atom. The standard InChI is InChI=1S/C16H19N3O2/c1-2-5-11(6-3-1)15-18-16(21-19-15)12-7-4-8-13-14(12)20-10-9-17-13/h4,7-8,11,17H,1-3,5-6,9-10H2. The molecule has 0 radical (unpaired) electrons. The van der Waals surface area contributed by atoms with Crippen molar-refractivity contribution < 1.29 is 9.26 Å². The third-order valence-electron chi connectivity index (χ3n) is 4.32. The quantitative estimate of drug-likeness (QED) is 0.913. The Bertz CT molecular complexity index is 632. The van der Waals surface area contributed by atoms with Crippen molar-refractivity contribution in [3.05, 3.63) is 24.0 Å². The third-order valence-corrected chi connectivity index (χ3v) is 4.32. The lowest BCUT2D eigenvalue weighted by Gasteiger charge is -2.20. The molecule has 21 heavy (non-hydrogen) atoms.